The molecule has 0 aliphatic heterocycles. The van der Waals surface area contributed by atoms with E-state index in [1.165, 1.54) is 11.6 Å². The molecule has 0 aliphatic rings. The van der Waals surface area contributed by atoms with Gasteiger partial charge in [0.25, 0.3) is 5.56 Å². The normalized spacial score (nSPS) is 10.4. The van der Waals surface area contributed by atoms with Crippen molar-refractivity contribution in [1.82, 2.24) is 9.13 Å². The van der Waals surface area contributed by atoms with Gasteiger partial charge in [0.05, 0.1) is 0 Å². The minimum absolute atomic E-state index is 0.216. The molecule has 1 aromatic heterocycles. The summed E-state index contributed by atoms with van der Waals surface area (Å²) in [4.78, 5) is 24.2. The van der Waals surface area contributed by atoms with Gasteiger partial charge in [-0.3, -0.25) is 13.9 Å². The topological polar surface area (TPSA) is 82.0 Å². The summed E-state index contributed by atoms with van der Waals surface area (Å²) in [7, 11) is 1.47. The molecule has 0 unspecified atom stereocenters. The third-order valence-corrected chi connectivity index (χ3v) is 3.11. The largest absolute Gasteiger partial charge is 0.383 e. The van der Waals surface area contributed by atoms with E-state index in [0.717, 1.165) is 23.0 Å². The molecule has 0 spiro atoms. The summed E-state index contributed by atoms with van der Waals surface area (Å²) in [6, 6.07) is 0. The molecule has 0 saturated carbocycles. The maximum atomic E-state index is 12.1. The summed E-state index contributed by atoms with van der Waals surface area (Å²) >= 11 is 0. The fourth-order valence-electron chi connectivity index (χ4n) is 1.84. The number of aromatic nitrogens is 2. The van der Waals surface area contributed by atoms with Crippen LogP contribution in [0.15, 0.2) is 21.2 Å². The number of nitrogens with one attached hydrogen (secondary N) is 1. The Labute approximate surface area is 118 Å². The Morgan fingerprint density at radius 1 is 1.35 bits per heavy atom. The molecule has 6 heteroatoms. The Bertz CT molecular complexity index is 607. The van der Waals surface area contributed by atoms with Crippen LogP contribution >= 0.6 is 0 Å². The van der Waals surface area contributed by atoms with Crippen molar-refractivity contribution >= 4 is 11.5 Å². The Morgan fingerprint density at radius 3 is 2.55 bits per heavy atom. The summed E-state index contributed by atoms with van der Waals surface area (Å²) in [5.41, 5.74) is 6.66. The molecule has 0 aliphatic carbocycles. The number of unbranched alkanes of at least 4 members (excludes halogenated alkanes) is 1. The van der Waals surface area contributed by atoms with Gasteiger partial charge in [-0.05, 0) is 20.3 Å². The van der Waals surface area contributed by atoms with Crippen molar-refractivity contribution in [1.29, 1.82) is 0 Å². The first-order chi connectivity index (χ1) is 9.40. The number of allylic oxidation sites excluding steroid dienone is 1. The van der Waals surface area contributed by atoms with E-state index >= 15 is 0 Å². The lowest BCUT2D eigenvalue weighted by Crippen LogP contribution is -2.40. The first-order valence-corrected chi connectivity index (χ1v) is 6.86. The Morgan fingerprint density at radius 2 is 2.00 bits per heavy atom. The quantitative estimate of drug-likeness (QED) is 0.770. The number of rotatable bonds is 6. The van der Waals surface area contributed by atoms with Crippen LogP contribution < -0.4 is 22.3 Å². The van der Waals surface area contributed by atoms with Crippen LogP contribution in [0.3, 0.4) is 0 Å². The zero-order valence-corrected chi connectivity index (χ0v) is 12.7. The molecule has 0 saturated heterocycles. The van der Waals surface area contributed by atoms with Crippen LogP contribution in [0, 0.1) is 0 Å². The van der Waals surface area contributed by atoms with Gasteiger partial charge in [-0.1, -0.05) is 25.0 Å². The number of hydrogen-bond donors (Lipinski definition) is 2. The van der Waals surface area contributed by atoms with Crippen LogP contribution in [0.2, 0.25) is 0 Å². The second-order valence-electron chi connectivity index (χ2n) is 5.07. The second-order valence-corrected chi connectivity index (χ2v) is 5.07. The first-order valence-electron chi connectivity index (χ1n) is 6.86. The average Bonchev–Trinajstić information content (AvgIpc) is 2.40. The molecule has 1 rings (SSSR count). The lowest BCUT2D eigenvalue weighted by atomic mass is 10.3. The van der Waals surface area contributed by atoms with Crippen LogP contribution in [0.25, 0.3) is 0 Å². The molecule has 3 N–H and O–H groups in total. The van der Waals surface area contributed by atoms with Crippen molar-refractivity contribution in [3.05, 3.63) is 32.5 Å². The number of anilines is 2. The SMILES string of the molecule is CCCCn1c(N)c(NCC=C(C)C)c(=O)n(C)c1=O. The van der Waals surface area contributed by atoms with Gasteiger partial charge in [0, 0.05) is 20.1 Å². The van der Waals surface area contributed by atoms with E-state index in [-0.39, 0.29) is 17.1 Å². The molecule has 1 aromatic rings. The monoisotopic (exact) mass is 280 g/mol. The smallest absolute Gasteiger partial charge is 0.332 e. The van der Waals surface area contributed by atoms with E-state index in [4.69, 9.17) is 5.73 Å². The summed E-state index contributed by atoms with van der Waals surface area (Å²) in [5, 5.41) is 3.00. The van der Waals surface area contributed by atoms with Gasteiger partial charge in [-0.15, -0.1) is 0 Å². The van der Waals surface area contributed by atoms with Gasteiger partial charge in [-0.25, -0.2) is 4.79 Å². The lowest BCUT2D eigenvalue weighted by molar-refractivity contribution is 0.575. The van der Waals surface area contributed by atoms with Gasteiger partial charge in [-0.2, -0.15) is 0 Å². The third kappa shape index (κ3) is 3.53. The van der Waals surface area contributed by atoms with Crippen LogP contribution in [0.5, 0.6) is 0 Å². The minimum atomic E-state index is -0.387. The summed E-state index contributed by atoms with van der Waals surface area (Å²) in [6.45, 7) is 7.02. The predicted octanol–water partition coefficient (Wildman–Crippen LogP) is 1.31. The zero-order chi connectivity index (χ0) is 15.3. The highest BCUT2D eigenvalue weighted by atomic mass is 16.2. The van der Waals surface area contributed by atoms with E-state index in [9.17, 15) is 9.59 Å². The molecule has 0 bridgehead atoms. The fourth-order valence-corrected chi connectivity index (χ4v) is 1.84. The molecule has 0 atom stereocenters. The Kier molecular flexibility index (Phi) is 5.61. The van der Waals surface area contributed by atoms with Crippen molar-refractivity contribution in [2.24, 2.45) is 7.05 Å². The standard InChI is InChI=1S/C14H24N4O2/c1-5-6-9-18-12(15)11(16-8-7-10(2)3)13(19)17(4)14(18)20/h7,16H,5-6,8-9,15H2,1-4H3. The maximum absolute atomic E-state index is 12.1. The number of nitrogen functional groups attached to an aromatic ring is 1. The highest BCUT2D eigenvalue weighted by Gasteiger charge is 2.14. The highest BCUT2D eigenvalue weighted by Crippen LogP contribution is 2.11. The third-order valence-electron chi connectivity index (χ3n) is 3.11. The van der Waals surface area contributed by atoms with E-state index in [1.54, 1.807) is 0 Å². The molecular weight excluding hydrogens is 256 g/mol. The minimum Gasteiger partial charge on any atom is -0.383 e. The molecule has 0 fully saturated rings. The number of nitrogens with zero attached hydrogens (tertiary/aromatic N) is 2. The van der Waals surface area contributed by atoms with E-state index < -0.39 is 0 Å². The molecule has 0 radical (unpaired) electrons. The van der Waals surface area contributed by atoms with Crippen molar-refractivity contribution in [3.63, 3.8) is 0 Å². The molecular formula is C14H24N4O2. The van der Waals surface area contributed by atoms with Crippen molar-refractivity contribution in [2.75, 3.05) is 17.6 Å². The fraction of sp³-hybridized carbons (Fsp3) is 0.571. The zero-order valence-electron chi connectivity index (χ0n) is 12.7. The predicted molar refractivity (Wildman–Crippen MR) is 83.2 cm³/mol. The molecule has 0 aromatic carbocycles. The van der Waals surface area contributed by atoms with E-state index in [2.05, 4.69) is 5.32 Å². The average molecular weight is 280 g/mol. The van der Waals surface area contributed by atoms with Gasteiger partial charge in [0.15, 0.2) is 0 Å². The lowest BCUT2D eigenvalue weighted by Gasteiger charge is -2.15. The van der Waals surface area contributed by atoms with E-state index in [0.29, 0.717) is 18.8 Å². The molecule has 1 heterocycles. The molecule has 0 amide bonds. The summed E-state index contributed by atoms with van der Waals surface area (Å²) in [5.74, 6) is 0.216. The van der Waals surface area contributed by atoms with Crippen LogP contribution in [-0.2, 0) is 13.6 Å². The van der Waals surface area contributed by atoms with Gasteiger partial charge in [0.1, 0.15) is 11.5 Å². The molecule has 20 heavy (non-hydrogen) atoms. The first kappa shape index (κ1) is 16.1. The van der Waals surface area contributed by atoms with Gasteiger partial charge in [0.2, 0.25) is 0 Å². The number of nitrogens with two attached hydrogens (primary N) is 1. The van der Waals surface area contributed by atoms with Gasteiger partial charge >= 0.3 is 5.69 Å². The summed E-state index contributed by atoms with van der Waals surface area (Å²) < 4.78 is 2.55. The Hall–Kier alpha value is -1.98. The van der Waals surface area contributed by atoms with Crippen molar-refractivity contribution in [2.45, 2.75) is 40.2 Å². The van der Waals surface area contributed by atoms with Crippen LogP contribution in [-0.4, -0.2) is 15.7 Å². The summed E-state index contributed by atoms with van der Waals surface area (Å²) in [6.07, 6.45) is 3.76. The molecule has 6 nitrogen and oxygen atoms in total. The Balaban J connectivity index is 3.23. The van der Waals surface area contributed by atoms with E-state index in [1.807, 2.05) is 26.8 Å². The molecule has 112 valence electrons. The van der Waals surface area contributed by atoms with Crippen molar-refractivity contribution < 1.29 is 0 Å². The van der Waals surface area contributed by atoms with Crippen LogP contribution in [0.1, 0.15) is 33.6 Å². The number of hydrogen-bond acceptors (Lipinski definition) is 4. The highest BCUT2D eigenvalue weighted by molar-refractivity contribution is 5.60. The van der Waals surface area contributed by atoms with Crippen molar-refractivity contribution in [3.8, 4) is 0 Å². The maximum Gasteiger partial charge on any atom is 0.332 e. The van der Waals surface area contributed by atoms with Gasteiger partial charge < -0.3 is 11.1 Å². The second kappa shape index (κ2) is 6.98. The van der Waals surface area contributed by atoms with Crippen LogP contribution in [0.4, 0.5) is 11.5 Å².